The first-order chi connectivity index (χ1) is 14.9. The van der Waals surface area contributed by atoms with Crippen molar-refractivity contribution in [1.29, 1.82) is 0 Å². The minimum Gasteiger partial charge on any atom is -0.348 e. The van der Waals surface area contributed by atoms with Crippen LogP contribution in [0, 0.1) is 5.92 Å². The minimum atomic E-state index is -4.71. The summed E-state index contributed by atoms with van der Waals surface area (Å²) in [6.45, 7) is 2.81. The predicted octanol–water partition coefficient (Wildman–Crippen LogP) is 4.22. The summed E-state index contributed by atoms with van der Waals surface area (Å²) in [5, 5.41) is 5.82. The van der Waals surface area contributed by atoms with Gasteiger partial charge in [-0.15, -0.1) is 0 Å². The Balaban J connectivity index is 1.70. The monoisotopic (exact) mass is 497 g/mol. The van der Waals surface area contributed by atoms with Crippen LogP contribution >= 0.6 is 0 Å². The van der Waals surface area contributed by atoms with Crippen molar-refractivity contribution in [3.8, 4) is 0 Å². The van der Waals surface area contributed by atoms with Crippen molar-refractivity contribution in [2.75, 3.05) is 0 Å². The number of carbonyl (C=O) groups excluding carboxylic acids is 1. The van der Waals surface area contributed by atoms with E-state index in [1.807, 2.05) is 0 Å². The zero-order valence-corrected chi connectivity index (χ0v) is 18.6. The molecule has 0 spiro atoms. The Morgan fingerprint density at radius 3 is 2.18 bits per heavy atom. The molecule has 1 saturated carbocycles. The summed E-state index contributed by atoms with van der Waals surface area (Å²) < 4.78 is 103. The van der Waals surface area contributed by atoms with Crippen LogP contribution in [0.5, 0.6) is 0 Å². The molecular weight excluding hydrogens is 476 g/mol. The molecule has 1 aromatic heterocycles. The smallest absolute Gasteiger partial charge is 0.348 e. The van der Waals surface area contributed by atoms with Crippen molar-refractivity contribution >= 4 is 15.7 Å². The van der Waals surface area contributed by atoms with Gasteiger partial charge in [-0.2, -0.15) is 31.4 Å². The highest BCUT2D eigenvalue weighted by atomic mass is 32.2. The van der Waals surface area contributed by atoms with Gasteiger partial charge in [-0.1, -0.05) is 6.07 Å². The molecule has 1 aliphatic rings. The Hall–Kier alpha value is -2.57. The number of benzene rings is 1. The standard InChI is InChI=1S/C20H21F6N3O3S/c1-18(2,33(31,32)14-6-4-5-11(9-14)19(21,22)23)12-7-13(8-12)27-17(30)15-10-16(20(24,25)26)28-29(15)3/h4-6,9-10,12-13H,7-8H2,1-3H3,(H,27,30)/t12-,13+. The van der Waals surface area contributed by atoms with Gasteiger partial charge >= 0.3 is 12.4 Å². The molecule has 33 heavy (non-hydrogen) atoms. The maximum Gasteiger partial charge on any atom is 0.435 e. The lowest BCUT2D eigenvalue weighted by Gasteiger charge is -2.44. The number of halogens is 6. The van der Waals surface area contributed by atoms with E-state index in [4.69, 9.17) is 0 Å². The minimum absolute atomic E-state index is 0.195. The van der Waals surface area contributed by atoms with E-state index in [0.29, 0.717) is 12.1 Å². The van der Waals surface area contributed by atoms with Crippen LogP contribution in [0.15, 0.2) is 35.2 Å². The number of aryl methyl sites for hydroxylation is 1. The maximum atomic E-state index is 13.1. The number of rotatable bonds is 5. The Morgan fingerprint density at radius 1 is 1.06 bits per heavy atom. The van der Waals surface area contributed by atoms with Crippen LogP contribution < -0.4 is 5.32 Å². The SMILES string of the molecule is Cn1nc(C(F)(F)F)cc1C(=O)N[C@H]1C[C@@H](C(C)(C)S(=O)(=O)c2cccc(C(F)(F)F)c2)C1. The van der Waals surface area contributed by atoms with Gasteiger partial charge in [0.15, 0.2) is 15.5 Å². The lowest BCUT2D eigenvalue weighted by molar-refractivity contribution is -0.141. The summed E-state index contributed by atoms with van der Waals surface area (Å²) in [5.74, 6) is -1.28. The van der Waals surface area contributed by atoms with E-state index in [0.717, 1.165) is 22.9 Å². The second kappa shape index (κ2) is 8.03. The van der Waals surface area contributed by atoms with E-state index in [2.05, 4.69) is 10.4 Å². The average Bonchev–Trinajstić information content (AvgIpc) is 3.05. The van der Waals surface area contributed by atoms with Gasteiger partial charge in [0.2, 0.25) is 0 Å². The third-order valence-corrected chi connectivity index (χ3v) is 8.62. The second-order valence-electron chi connectivity index (χ2n) is 8.51. The molecule has 1 aromatic carbocycles. The summed E-state index contributed by atoms with van der Waals surface area (Å²) in [6, 6.07) is 3.62. The Bertz CT molecular complexity index is 1160. The normalized spacial score (nSPS) is 19.8. The number of hydrogen-bond donors (Lipinski definition) is 1. The van der Waals surface area contributed by atoms with Crippen molar-refractivity contribution in [2.24, 2.45) is 13.0 Å². The number of alkyl halides is 6. The molecule has 0 atom stereocenters. The van der Waals surface area contributed by atoms with Crippen LogP contribution in [0.1, 0.15) is 48.4 Å². The van der Waals surface area contributed by atoms with Gasteiger partial charge in [-0.05, 0) is 50.8 Å². The lowest BCUT2D eigenvalue weighted by Crippen LogP contribution is -2.53. The molecule has 1 N–H and O–H groups in total. The first kappa shape index (κ1) is 25.1. The van der Waals surface area contributed by atoms with E-state index in [-0.39, 0.29) is 18.5 Å². The molecule has 2 aromatic rings. The van der Waals surface area contributed by atoms with E-state index >= 15 is 0 Å². The zero-order chi connectivity index (χ0) is 25.0. The van der Waals surface area contributed by atoms with Crippen LogP contribution in [0.3, 0.4) is 0 Å². The quantitative estimate of drug-likeness (QED) is 0.628. The first-order valence-corrected chi connectivity index (χ1v) is 11.3. The molecule has 1 amide bonds. The summed E-state index contributed by atoms with van der Waals surface area (Å²) in [5.41, 5.74) is -2.59. The molecule has 1 fully saturated rings. The molecule has 13 heteroatoms. The van der Waals surface area contributed by atoms with Gasteiger partial charge in [-0.3, -0.25) is 9.48 Å². The third kappa shape index (κ3) is 4.73. The number of nitrogens with one attached hydrogen (secondary N) is 1. The first-order valence-electron chi connectivity index (χ1n) is 9.78. The van der Waals surface area contributed by atoms with Crippen LogP contribution in [-0.4, -0.2) is 34.9 Å². The van der Waals surface area contributed by atoms with Gasteiger partial charge in [0.05, 0.1) is 15.2 Å². The Kier molecular flexibility index (Phi) is 6.10. The molecule has 0 saturated heterocycles. The van der Waals surface area contributed by atoms with Gasteiger partial charge in [0.1, 0.15) is 5.69 Å². The molecule has 6 nitrogen and oxygen atoms in total. The summed E-state index contributed by atoms with van der Waals surface area (Å²) in [4.78, 5) is 11.9. The fourth-order valence-corrected chi connectivity index (χ4v) is 5.52. The highest BCUT2D eigenvalue weighted by Crippen LogP contribution is 2.44. The number of carbonyl (C=O) groups is 1. The van der Waals surface area contributed by atoms with Gasteiger partial charge in [0, 0.05) is 19.2 Å². The lowest BCUT2D eigenvalue weighted by atomic mass is 9.73. The van der Waals surface area contributed by atoms with Crippen LogP contribution in [0.2, 0.25) is 0 Å². The summed E-state index contributed by atoms with van der Waals surface area (Å²) in [6.07, 6.45) is -9.01. The van der Waals surface area contributed by atoms with Gasteiger partial charge in [-0.25, -0.2) is 8.42 Å². The predicted molar refractivity (Wildman–Crippen MR) is 105 cm³/mol. The number of aromatic nitrogens is 2. The topological polar surface area (TPSA) is 81.1 Å². The van der Waals surface area contributed by atoms with Gasteiger partial charge in [0.25, 0.3) is 5.91 Å². The molecular formula is C20H21F6N3O3S. The van der Waals surface area contributed by atoms with Crippen molar-refractivity contribution in [2.45, 2.75) is 54.7 Å². The van der Waals surface area contributed by atoms with Crippen molar-refractivity contribution in [1.82, 2.24) is 15.1 Å². The molecule has 0 bridgehead atoms. The highest BCUT2D eigenvalue weighted by Gasteiger charge is 2.49. The zero-order valence-electron chi connectivity index (χ0n) is 17.8. The highest BCUT2D eigenvalue weighted by molar-refractivity contribution is 7.92. The fraction of sp³-hybridized carbons (Fsp3) is 0.500. The number of sulfone groups is 1. The van der Waals surface area contributed by atoms with E-state index in [1.54, 1.807) is 0 Å². The van der Waals surface area contributed by atoms with Crippen LogP contribution in [-0.2, 0) is 29.2 Å². The van der Waals surface area contributed by atoms with E-state index in [9.17, 15) is 39.6 Å². The van der Waals surface area contributed by atoms with E-state index in [1.165, 1.54) is 20.9 Å². The molecule has 0 aliphatic heterocycles. The second-order valence-corrected chi connectivity index (χ2v) is 11.0. The third-order valence-electron chi connectivity index (χ3n) is 6.02. The van der Waals surface area contributed by atoms with Crippen LogP contribution in [0.4, 0.5) is 26.3 Å². The molecule has 3 rings (SSSR count). The maximum absolute atomic E-state index is 13.1. The van der Waals surface area contributed by atoms with Crippen molar-refractivity contribution < 1.29 is 39.6 Å². The Morgan fingerprint density at radius 2 is 1.67 bits per heavy atom. The molecule has 0 radical (unpaired) electrons. The molecule has 1 heterocycles. The molecule has 0 unspecified atom stereocenters. The number of hydrogen-bond acceptors (Lipinski definition) is 4. The van der Waals surface area contributed by atoms with Crippen LogP contribution in [0.25, 0.3) is 0 Å². The van der Waals surface area contributed by atoms with Gasteiger partial charge < -0.3 is 5.32 Å². The number of amides is 1. The van der Waals surface area contributed by atoms with Crippen molar-refractivity contribution in [3.63, 3.8) is 0 Å². The largest absolute Gasteiger partial charge is 0.435 e. The molecule has 182 valence electrons. The summed E-state index contributed by atoms with van der Waals surface area (Å²) in [7, 11) is -2.96. The van der Waals surface area contributed by atoms with Crippen molar-refractivity contribution in [3.05, 3.63) is 47.3 Å². The Labute approximate surface area is 185 Å². The summed E-state index contributed by atoms with van der Waals surface area (Å²) >= 11 is 0. The van der Waals surface area contributed by atoms with E-state index < -0.39 is 61.0 Å². The number of nitrogens with zero attached hydrogens (tertiary/aromatic N) is 2. The molecule has 1 aliphatic carbocycles. The average molecular weight is 497 g/mol. The fourth-order valence-electron chi connectivity index (χ4n) is 3.74.